The highest BCUT2D eigenvalue weighted by Gasteiger charge is 2.12. The number of nitrogens with zero attached hydrogens (tertiary/aromatic N) is 4. The van der Waals surface area contributed by atoms with Crippen molar-refractivity contribution in [3.63, 3.8) is 0 Å². The smallest absolute Gasteiger partial charge is 0.185 e. The fraction of sp³-hybridized carbons (Fsp3) is 0.421. The zero-order valence-corrected chi connectivity index (χ0v) is 15.9. The van der Waals surface area contributed by atoms with Crippen LogP contribution in [0.5, 0.6) is 0 Å². The molecule has 0 aliphatic carbocycles. The van der Waals surface area contributed by atoms with Gasteiger partial charge in [0, 0.05) is 18.8 Å². The molecule has 0 unspecified atom stereocenters. The zero-order valence-electron chi connectivity index (χ0n) is 15.0. The van der Waals surface area contributed by atoms with E-state index in [1.807, 2.05) is 12.1 Å². The van der Waals surface area contributed by atoms with Gasteiger partial charge in [0.25, 0.3) is 0 Å². The SMILES string of the molecule is Cc1cccc(Nc2ncnc3nc(NCCN4CCCCC4)sc23)c1. The van der Waals surface area contributed by atoms with Gasteiger partial charge in [0.2, 0.25) is 0 Å². The molecule has 1 aliphatic rings. The molecular formula is C19H24N6S. The monoisotopic (exact) mass is 368 g/mol. The van der Waals surface area contributed by atoms with Gasteiger partial charge in [-0.3, -0.25) is 0 Å². The lowest BCUT2D eigenvalue weighted by atomic mass is 10.1. The Labute approximate surface area is 157 Å². The number of likely N-dealkylation sites (tertiary alicyclic amines) is 1. The van der Waals surface area contributed by atoms with E-state index in [4.69, 9.17) is 0 Å². The summed E-state index contributed by atoms with van der Waals surface area (Å²) in [5, 5.41) is 7.75. The third-order valence-corrected chi connectivity index (χ3v) is 5.63. The van der Waals surface area contributed by atoms with E-state index in [1.165, 1.54) is 37.9 Å². The van der Waals surface area contributed by atoms with Crippen LogP contribution in [0.15, 0.2) is 30.6 Å². The van der Waals surface area contributed by atoms with Gasteiger partial charge in [-0.05, 0) is 50.6 Å². The lowest BCUT2D eigenvalue weighted by molar-refractivity contribution is 0.237. The second-order valence-corrected chi connectivity index (χ2v) is 7.72. The van der Waals surface area contributed by atoms with E-state index in [0.717, 1.165) is 40.1 Å². The number of rotatable bonds is 6. The summed E-state index contributed by atoms with van der Waals surface area (Å²) >= 11 is 1.61. The normalized spacial score (nSPS) is 15.3. The number of hydrogen-bond acceptors (Lipinski definition) is 7. The van der Waals surface area contributed by atoms with E-state index < -0.39 is 0 Å². The number of piperidine rings is 1. The fourth-order valence-electron chi connectivity index (χ4n) is 3.28. The quantitative estimate of drug-likeness (QED) is 0.685. The Morgan fingerprint density at radius 1 is 1.15 bits per heavy atom. The zero-order chi connectivity index (χ0) is 17.8. The average molecular weight is 369 g/mol. The first kappa shape index (κ1) is 17.2. The minimum absolute atomic E-state index is 0.737. The van der Waals surface area contributed by atoms with E-state index in [0.29, 0.717) is 0 Å². The summed E-state index contributed by atoms with van der Waals surface area (Å²) in [7, 11) is 0. The van der Waals surface area contributed by atoms with Crippen LogP contribution in [0, 0.1) is 6.92 Å². The number of aromatic nitrogens is 3. The molecule has 1 fully saturated rings. The van der Waals surface area contributed by atoms with E-state index in [9.17, 15) is 0 Å². The first-order chi connectivity index (χ1) is 12.8. The maximum absolute atomic E-state index is 4.61. The summed E-state index contributed by atoms with van der Waals surface area (Å²) in [6, 6.07) is 8.26. The topological polar surface area (TPSA) is 66.0 Å². The Bertz CT molecular complexity index is 871. The van der Waals surface area contributed by atoms with Crippen LogP contribution in [-0.2, 0) is 0 Å². The van der Waals surface area contributed by atoms with Gasteiger partial charge < -0.3 is 15.5 Å². The number of anilines is 3. The Morgan fingerprint density at radius 2 is 2.04 bits per heavy atom. The molecule has 26 heavy (non-hydrogen) atoms. The van der Waals surface area contributed by atoms with E-state index in [2.05, 4.69) is 49.5 Å². The molecule has 4 rings (SSSR count). The van der Waals surface area contributed by atoms with E-state index >= 15 is 0 Å². The molecule has 0 saturated carbocycles. The van der Waals surface area contributed by atoms with Crippen molar-refractivity contribution in [2.24, 2.45) is 0 Å². The summed E-state index contributed by atoms with van der Waals surface area (Å²) in [6.07, 6.45) is 5.59. The van der Waals surface area contributed by atoms with Crippen molar-refractivity contribution in [2.45, 2.75) is 26.2 Å². The Morgan fingerprint density at radius 3 is 2.88 bits per heavy atom. The molecule has 2 N–H and O–H groups in total. The van der Waals surface area contributed by atoms with E-state index in [-0.39, 0.29) is 0 Å². The molecular weight excluding hydrogens is 344 g/mol. The molecule has 3 heterocycles. The van der Waals surface area contributed by atoms with Crippen molar-refractivity contribution < 1.29 is 0 Å². The summed E-state index contributed by atoms with van der Waals surface area (Å²) in [5.74, 6) is 0.808. The third kappa shape index (κ3) is 4.11. The fourth-order valence-corrected chi connectivity index (χ4v) is 4.17. The number of hydrogen-bond donors (Lipinski definition) is 2. The average Bonchev–Trinajstić information content (AvgIpc) is 3.07. The van der Waals surface area contributed by atoms with Gasteiger partial charge in [-0.25, -0.2) is 9.97 Å². The molecule has 1 aromatic carbocycles. The van der Waals surface area contributed by atoms with Crippen LogP contribution in [0.4, 0.5) is 16.6 Å². The molecule has 6 nitrogen and oxygen atoms in total. The largest absolute Gasteiger partial charge is 0.360 e. The van der Waals surface area contributed by atoms with Crippen LogP contribution < -0.4 is 10.6 Å². The van der Waals surface area contributed by atoms with Crippen LogP contribution >= 0.6 is 11.3 Å². The predicted molar refractivity (Wildman–Crippen MR) is 108 cm³/mol. The second kappa shape index (κ2) is 7.97. The van der Waals surface area contributed by atoms with Crippen molar-refractivity contribution in [1.29, 1.82) is 0 Å². The van der Waals surface area contributed by atoms with Crippen molar-refractivity contribution >= 4 is 38.3 Å². The maximum atomic E-state index is 4.61. The highest BCUT2D eigenvalue weighted by Crippen LogP contribution is 2.31. The van der Waals surface area contributed by atoms with Crippen LogP contribution in [-0.4, -0.2) is 46.0 Å². The molecule has 0 amide bonds. The summed E-state index contributed by atoms with van der Waals surface area (Å²) in [4.78, 5) is 15.9. The van der Waals surface area contributed by atoms with Gasteiger partial charge in [0.1, 0.15) is 11.0 Å². The number of nitrogens with one attached hydrogen (secondary N) is 2. The standard InChI is InChI=1S/C19H24N6S/c1-14-6-5-7-15(12-14)23-17-16-18(22-13-21-17)24-19(26-16)20-8-11-25-9-3-2-4-10-25/h5-7,12-13H,2-4,8-11H2,1H3,(H2,20,21,22,23,24). The molecule has 2 aromatic heterocycles. The lowest BCUT2D eigenvalue weighted by Gasteiger charge is -2.26. The molecule has 0 radical (unpaired) electrons. The summed E-state index contributed by atoms with van der Waals surface area (Å²) in [6.45, 7) is 6.50. The first-order valence-corrected chi connectivity index (χ1v) is 10.0. The molecule has 0 bridgehead atoms. The van der Waals surface area contributed by atoms with Gasteiger partial charge in [-0.2, -0.15) is 4.98 Å². The lowest BCUT2D eigenvalue weighted by Crippen LogP contribution is -2.33. The molecule has 3 aromatic rings. The highest BCUT2D eigenvalue weighted by atomic mass is 32.1. The number of aryl methyl sites for hydroxylation is 1. The van der Waals surface area contributed by atoms with Crippen LogP contribution in [0.1, 0.15) is 24.8 Å². The molecule has 0 atom stereocenters. The van der Waals surface area contributed by atoms with Gasteiger partial charge in [0.15, 0.2) is 16.6 Å². The number of thiazole rings is 1. The summed E-state index contributed by atoms with van der Waals surface area (Å²) in [5.41, 5.74) is 2.98. The van der Waals surface area contributed by atoms with Crippen molar-refractivity contribution in [3.05, 3.63) is 36.2 Å². The van der Waals surface area contributed by atoms with Crippen LogP contribution in [0.25, 0.3) is 10.3 Å². The molecule has 136 valence electrons. The van der Waals surface area contributed by atoms with Crippen LogP contribution in [0.2, 0.25) is 0 Å². The Hall–Kier alpha value is -2.25. The molecule has 1 saturated heterocycles. The Balaban J connectivity index is 1.44. The molecule has 7 heteroatoms. The van der Waals surface area contributed by atoms with Gasteiger partial charge >= 0.3 is 0 Å². The number of fused-ring (bicyclic) bond motifs is 1. The predicted octanol–water partition coefficient (Wildman–Crippen LogP) is 4.04. The first-order valence-electron chi connectivity index (χ1n) is 9.19. The minimum atomic E-state index is 0.737. The molecule has 1 aliphatic heterocycles. The molecule has 0 spiro atoms. The van der Waals surface area contributed by atoms with Crippen LogP contribution in [0.3, 0.4) is 0 Å². The summed E-state index contributed by atoms with van der Waals surface area (Å²) < 4.78 is 0.981. The minimum Gasteiger partial charge on any atom is -0.360 e. The van der Waals surface area contributed by atoms with E-state index in [1.54, 1.807) is 17.7 Å². The number of benzene rings is 1. The highest BCUT2D eigenvalue weighted by molar-refractivity contribution is 7.22. The van der Waals surface area contributed by atoms with Crippen molar-refractivity contribution in [3.8, 4) is 0 Å². The second-order valence-electron chi connectivity index (χ2n) is 6.72. The van der Waals surface area contributed by atoms with Gasteiger partial charge in [-0.1, -0.05) is 29.9 Å². The van der Waals surface area contributed by atoms with Gasteiger partial charge in [0.05, 0.1) is 0 Å². The van der Waals surface area contributed by atoms with Gasteiger partial charge in [-0.15, -0.1) is 0 Å². The van der Waals surface area contributed by atoms with Crippen molar-refractivity contribution in [1.82, 2.24) is 19.9 Å². The Kier molecular flexibility index (Phi) is 5.26. The third-order valence-electron chi connectivity index (χ3n) is 4.62. The maximum Gasteiger partial charge on any atom is 0.185 e. The van der Waals surface area contributed by atoms with Crippen molar-refractivity contribution in [2.75, 3.05) is 36.8 Å².